The summed E-state index contributed by atoms with van der Waals surface area (Å²) < 4.78 is 5.34. The number of thiophene rings is 1. The second-order valence-corrected chi connectivity index (χ2v) is 5.24. The maximum Gasteiger partial charge on any atom is 0.249 e. The molecule has 1 aliphatic heterocycles. The Labute approximate surface area is 106 Å². The first-order valence-corrected chi connectivity index (χ1v) is 6.67. The fourth-order valence-electron chi connectivity index (χ4n) is 1.90. The lowest BCUT2D eigenvalue weighted by Crippen LogP contribution is -2.47. The molecule has 1 aromatic heterocycles. The van der Waals surface area contributed by atoms with Crippen molar-refractivity contribution >= 4 is 23.3 Å². The quantitative estimate of drug-likeness (QED) is 0.755. The van der Waals surface area contributed by atoms with Crippen LogP contribution in [0, 0.1) is 0 Å². The number of hydrogen-bond acceptors (Lipinski definition) is 3. The molecule has 0 aromatic carbocycles. The lowest BCUT2D eigenvalue weighted by atomic mass is 10.2. The van der Waals surface area contributed by atoms with Gasteiger partial charge in [-0.15, -0.1) is 11.3 Å². The predicted molar refractivity (Wildman–Crippen MR) is 70.0 cm³/mol. The van der Waals surface area contributed by atoms with Gasteiger partial charge in [-0.1, -0.05) is 6.07 Å². The molecule has 0 spiro atoms. The zero-order valence-electron chi connectivity index (χ0n) is 10.2. The van der Waals surface area contributed by atoms with Crippen molar-refractivity contribution in [1.82, 2.24) is 4.90 Å². The van der Waals surface area contributed by atoms with Crippen LogP contribution in [0.25, 0.3) is 6.08 Å². The number of rotatable bonds is 2. The summed E-state index contributed by atoms with van der Waals surface area (Å²) in [7, 11) is 0. The topological polar surface area (TPSA) is 29.5 Å². The highest BCUT2D eigenvalue weighted by Gasteiger charge is 2.24. The van der Waals surface area contributed by atoms with E-state index < -0.39 is 0 Å². The summed E-state index contributed by atoms with van der Waals surface area (Å²) in [5.74, 6) is 0.120. The van der Waals surface area contributed by atoms with Crippen LogP contribution in [0.5, 0.6) is 0 Å². The molecule has 2 heterocycles. The van der Waals surface area contributed by atoms with Crippen LogP contribution in [0.4, 0.5) is 0 Å². The summed E-state index contributed by atoms with van der Waals surface area (Å²) in [4.78, 5) is 15.3. The van der Waals surface area contributed by atoms with Crippen LogP contribution in [0.15, 0.2) is 23.1 Å². The zero-order valence-corrected chi connectivity index (χ0v) is 11.0. The molecule has 0 radical (unpaired) electrons. The van der Waals surface area contributed by atoms with Crippen molar-refractivity contribution in [3.63, 3.8) is 0 Å². The van der Waals surface area contributed by atoms with Gasteiger partial charge in [-0.05, 0) is 31.4 Å². The van der Waals surface area contributed by atoms with Gasteiger partial charge in [0.15, 0.2) is 0 Å². The van der Waals surface area contributed by atoms with Gasteiger partial charge in [0.1, 0.15) is 0 Å². The van der Waals surface area contributed by atoms with Crippen molar-refractivity contribution in [3.8, 4) is 0 Å². The van der Waals surface area contributed by atoms with Crippen LogP contribution in [0.1, 0.15) is 18.7 Å². The van der Waals surface area contributed by atoms with E-state index in [1.54, 1.807) is 11.3 Å². The Balaban J connectivity index is 2.08. The molecular weight excluding hydrogens is 234 g/mol. The van der Waals surface area contributed by atoms with Crippen molar-refractivity contribution < 1.29 is 9.53 Å². The van der Waals surface area contributed by atoms with Gasteiger partial charge < -0.3 is 9.64 Å². The monoisotopic (exact) mass is 251 g/mol. The van der Waals surface area contributed by atoms with Crippen LogP contribution in [-0.4, -0.2) is 36.6 Å². The van der Waals surface area contributed by atoms with Crippen LogP contribution in [-0.2, 0) is 9.53 Å². The molecule has 3 nitrogen and oxygen atoms in total. The Morgan fingerprint density at radius 2 is 2.47 bits per heavy atom. The molecule has 0 bridgehead atoms. The van der Waals surface area contributed by atoms with E-state index in [0.717, 1.165) is 10.5 Å². The standard InChI is InChI=1S/C13H17NO2S/c1-10(8-12-4-3-7-17-12)13(15)14-5-6-16-9-11(14)2/h3-4,7-8,11H,5-6,9H2,1-2H3/b10-8+. The molecule has 2 rings (SSSR count). The predicted octanol–water partition coefficient (Wildman–Crippen LogP) is 2.40. The number of amides is 1. The molecule has 1 fully saturated rings. The summed E-state index contributed by atoms with van der Waals surface area (Å²) in [6.07, 6.45) is 1.95. The fraction of sp³-hybridized carbons (Fsp3) is 0.462. The number of morpholine rings is 1. The molecule has 0 N–H and O–H groups in total. The summed E-state index contributed by atoms with van der Waals surface area (Å²) in [6.45, 7) is 5.87. The first kappa shape index (κ1) is 12.3. The van der Waals surface area contributed by atoms with E-state index in [2.05, 4.69) is 0 Å². The summed E-state index contributed by atoms with van der Waals surface area (Å²) in [6, 6.07) is 4.18. The van der Waals surface area contributed by atoms with Gasteiger partial charge in [0.05, 0.1) is 19.3 Å². The van der Waals surface area contributed by atoms with Crippen LogP contribution in [0.2, 0.25) is 0 Å². The van der Waals surface area contributed by atoms with E-state index in [0.29, 0.717) is 19.8 Å². The first-order valence-electron chi connectivity index (χ1n) is 5.79. The molecule has 0 aliphatic carbocycles. The Bertz CT molecular complexity index is 411. The van der Waals surface area contributed by atoms with Gasteiger partial charge in [0.25, 0.3) is 0 Å². The fourth-order valence-corrected chi connectivity index (χ4v) is 2.62. The lowest BCUT2D eigenvalue weighted by Gasteiger charge is -2.33. The van der Waals surface area contributed by atoms with Gasteiger partial charge in [-0.25, -0.2) is 0 Å². The first-order chi connectivity index (χ1) is 8.18. The number of hydrogen-bond donors (Lipinski definition) is 0. The third-order valence-corrected chi connectivity index (χ3v) is 3.69. The number of ether oxygens (including phenoxy) is 1. The van der Waals surface area contributed by atoms with Crippen LogP contribution < -0.4 is 0 Å². The molecule has 1 aromatic rings. The molecule has 17 heavy (non-hydrogen) atoms. The Kier molecular flexibility index (Phi) is 3.97. The summed E-state index contributed by atoms with van der Waals surface area (Å²) in [5, 5.41) is 2.01. The van der Waals surface area contributed by atoms with E-state index in [9.17, 15) is 4.79 Å². The smallest absolute Gasteiger partial charge is 0.249 e. The number of carbonyl (C=O) groups is 1. The van der Waals surface area contributed by atoms with Crippen molar-refractivity contribution in [3.05, 3.63) is 28.0 Å². The van der Waals surface area contributed by atoms with E-state index >= 15 is 0 Å². The average Bonchev–Trinajstić information content (AvgIpc) is 2.81. The Morgan fingerprint density at radius 1 is 1.65 bits per heavy atom. The minimum absolute atomic E-state index is 0.120. The molecule has 4 heteroatoms. The molecule has 0 saturated carbocycles. The van der Waals surface area contributed by atoms with Gasteiger partial charge in [-0.2, -0.15) is 0 Å². The van der Waals surface area contributed by atoms with E-state index in [1.165, 1.54) is 0 Å². The minimum Gasteiger partial charge on any atom is -0.377 e. The second-order valence-electron chi connectivity index (χ2n) is 4.27. The SMILES string of the molecule is C/C(=C\c1cccs1)C(=O)N1CCOCC1C. The van der Waals surface area contributed by atoms with E-state index in [4.69, 9.17) is 4.74 Å². The van der Waals surface area contributed by atoms with Gasteiger partial charge in [-0.3, -0.25) is 4.79 Å². The maximum absolute atomic E-state index is 12.2. The Hall–Kier alpha value is -1.13. The number of carbonyl (C=O) groups excluding carboxylic acids is 1. The molecule has 1 atom stereocenters. The van der Waals surface area contributed by atoms with Crippen molar-refractivity contribution in [2.45, 2.75) is 19.9 Å². The van der Waals surface area contributed by atoms with Gasteiger partial charge in [0, 0.05) is 17.0 Å². The van der Waals surface area contributed by atoms with Crippen LogP contribution in [0.3, 0.4) is 0 Å². The maximum atomic E-state index is 12.2. The highest BCUT2D eigenvalue weighted by molar-refractivity contribution is 7.10. The van der Waals surface area contributed by atoms with Gasteiger partial charge in [0.2, 0.25) is 5.91 Å². The number of nitrogens with zero attached hydrogens (tertiary/aromatic N) is 1. The average molecular weight is 251 g/mol. The summed E-state index contributed by atoms with van der Waals surface area (Å²) >= 11 is 1.64. The largest absolute Gasteiger partial charge is 0.377 e. The second kappa shape index (κ2) is 5.47. The highest BCUT2D eigenvalue weighted by Crippen LogP contribution is 2.16. The van der Waals surface area contributed by atoms with Crippen molar-refractivity contribution in [2.75, 3.05) is 19.8 Å². The van der Waals surface area contributed by atoms with E-state index in [-0.39, 0.29) is 11.9 Å². The Morgan fingerprint density at radius 3 is 3.12 bits per heavy atom. The molecule has 92 valence electrons. The zero-order chi connectivity index (χ0) is 12.3. The minimum atomic E-state index is 0.120. The normalized spacial score (nSPS) is 21.6. The van der Waals surface area contributed by atoms with Crippen molar-refractivity contribution in [1.29, 1.82) is 0 Å². The lowest BCUT2D eigenvalue weighted by molar-refractivity contribution is -0.134. The third kappa shape index (κ3) is 2.96. The van der Waals surface area contributed by atoms with Gasteiger partial charge >= 0.3 is 0 Å². The van der Waals surface area contributed by atoms with Crippen LogP contribution >= 0.6 is 11.3 Å². The molecule has 1 aliphatic rings. The van der Waals surface area contributed by atoms with E-state index in [1.807, 2.05) is 42.3 Å². The summed E-state index contributed by atoms with van der Waals surface area (Å²) in [5.41, 5.74) is 0.793. The third-order valence-electron chi connectivity index (χ3n) is 2.87. The molecule has 1 unspecified atom stereocenters. The molecule has 1 amide bonds. The molecular formula is C13H17NO2S. The molecule has 1 saturated heterocycles. The van der Waals surface area contributed by atoms with Crippen molar-refractivity contribution in [2.24, 2.45) is 0 Å². The highest BCUT2D eigenvalue weighted by atomic mass is 32.1.